The van der Waals surface area contributed by atoms with E-state index in [9.17, 15) is 9.59 Å². The number of carbonyl (C=O) groups excluding carboxylic acids is 2. The van der Waals surface area contributed by atoms with Gasteiger partial charge < -0.3 is 4.74 Å². The van der Waals surface area contributed by atoms with Gasteiger partial charge >= 0.3 is 6.03 Å². The summed E-state index contributed by atoms with van der Waals surface area (Å²) in [7, 11) is 0. The summed E-state index contributed by atoms with van der Waals surface area (Å²) in [6.07, 6.45) is 0. The molecule has 3 rings (SSSR count). The lowest BCUT2D eigenvalue weighted by molar-refractivity contribution is -0.115. The summed E-state index contributed by atoms with van der Waals surface area (Å²) in [6.45, 7) is 5.50. The molecule has 0 aromatic heterocycles. The highest BCUT2D eigenvalue weighted by Crippen LogP contribution is 2.31. The number of imide groups is 1. The average molecular weight is 373 g/mol. The molecule has 1 fully saturated rings. The number of ether oxygens (including phenoxy) is 1. The fourth-order valence-corrected chi connectivity index (χ4v) is 2.50. The Kier molecular flexibility index (Phi) is 3.92. The number of rotatable bonds is 3. The predicted octanol–water partition coefficient (Wildman–Crippen LogP) is 4.12. The van der Waals surface area contributed by atoms with Gasteiger partial charge in [0, 0.05) is 4.47 Å². The topological polar surface area (TPSA) is 58.6 Å². The van der Waals surface area contributed by atoms with Gasteiger partial charge in [0.05, 0.1) is 5.69 Å². The molecule has 1 aliphatic rings. The standard InChI is InChI=1S/C17H13BrN2O3/c1-10-9-13(20-11(2)16(21)19-17(20)22)5-8-15(10)23-14-6-3-12(18)4-7-14/h3-9H,2H2,1H3,(H,19,21,22). The summed E-state index contributed by atoms with van der Waals surface area (Å²) in [4.78, 5) is 24.5. The first-order valence-electron chi connectivity index (χ1n) is 6.84. The summed E-state index contributed by atoms with van der Waals surface area (Å²) >= 11 is 3.37. The molecule has 5 nitrogen and oxygen atoms in total. The van der Waals surface area contributed by atoms with Gasteiger partial charge in [-0.3, -0.25) is 15.0 Å². The van der Waals surface area contributed by atoms with Crippen LogP contribution in [0.5, 0.6) is 11.5 Å². The van der Waals surface area contributed by atoms with Gasteiger partial charge in [0.25, 0.3) is 5.91 Å². The van der Waals surface area contributed by atoms with E-state index < -0.39 is 11.9 Å². The molecule has 1 aliphatic heterocycles. The number of anilines is 1. The number of nitrogens with one attached hydrogen (secondary N) is 1. The van der Waals surface area contributed by atoms with Crippen molar-refractivity contribution in [1.82, 2.24) is 5.32 Å². The molecule has 2 aromatic carbocycles. The van der Waals surface area contributed by atoms with Crippen LogP contribution in [0.2, 0.25) is 0 Å². The fourth-order valence-electron chi connectivity index (χ4n) is 2.24. The Morgan fingerprint density at radius 2 is 1.83 bits per heavy atom. The third-order valence-corrected chi connectivity index (χ3v) is 3.94. The number of aryl methyl sites for hydroxylation is 1. The number of halogens is 1. The van der Waals surface area contributed by atoms with Crippen molar-refractivity contribution in [3.05, 3.63) is 64.8 Å². The molecule has 1 heterocycles. The molecule has 2 aromatic rings. The first kappa shape index (κ1) is 15.3. The molecule has 3 amide bonds. The second-order valence-electron chi connectivity index (χ2n) is 5.05. The Labute approximate surface area is 141 Å². The molecule has 116 valence electrons. The molecule has 0 aliphatic carbocycles. The molecule has 0 atom stereocenters. The molecule has 0 unspecified atom stereocenters. The summed E-state index contributed by atoms with van der Waals surface area (Å²) in [5, 5.41) is 2.21. The van der Waals surface area contributed by atoms with Crippen LogP contribution in [0.15, 0.2) is 59.2 Å². The monoisotopic (exact) mass is 372 g/mol. The lowest BCUT2D eigenvalue weighted by Gasteiger charge is -2.16. The van der Waals surface area contributed by atoms with Crippen molar-refractivity contribution < 1.29 is 14.3 Å². The van der Waals surface area contributed by atoms with Gasteiger partial charge in [0.1, 0.15) is 17.2 Å². The molecule has 0 saturated carbocycles. The SMILES string of the molecule is C=C1C(=O)NC(=O)N1c1ccc(Oc2ccc(Br)cc2)c(C)c1. The highest BCUT2D eigenvalue weighted by molar-refractivity contribution is 9.10. The van der Waals surface area contributed by atoms with Crippen LogP contribution in [0.25, 0.3) is 0 Å². The van der Waals surface area contributed by atoms with Crippen LogP contribution < -0.4 is 15.0 Å². The van der Waals surface area contributed by atoms with Crippen LogP contribution in [-0.4, -0.2) is 11.9 Å². The number of benzene rings is 2. The second kappa shape index (κ2) is 5.89. The number of hydrogen-bond acceptors (Lipinski definition) is 3. The van der Waals surface area contributed by atoms with E-state index >= 15 is 0 Å². The number of amides is 3. The maximum atomic E-state index is 11.8. The van der Waals surface area contributed by atoms with Crippen LogP contribution in [0.1, 0.15) is 5.56 Å². The average Bonchev–Trinajstić information content (AvgIpc) is 2.76. The van der Waals surface area contributed by atoms with Gasteiger partial charge in [-0.25, -0.2) is 4.79 Å². The van der Waals surface area contributed by atoms with Crippen LogP contribution in [0.3, 0.4) is 0 Å². The Balaban J connectivity index is 1.86. The zero-order valence-electron chi connectivity index (χ0n) is 12.3. The van der Waals surface area contributed by atoms with Crippen molar-refractivity contribution in [2.75, 3.05) is 4.90 Å². The predicted molar refractivity (Wildman–Crippen MR) is 90.6 cm³/mol. The van der Waals surface area contributed by atoms with E-state index in [1.165, 1.54) is 4.90 Å². The van der Waals surface area contributed by atoms with Gasteiger partial charge in [0.2, 0.25) is 0 Å². The van der Waals surface area contributed by atoms with Crippen molar-refractivity contribution in [2.24, 2.45) is 0 Å². The highest BCUT2D eigenvalue weighted by atomic mass is 79.9. The first-order chi connectivity index (χ1) is 11.0. The van der Waals surface area contributed by atoms with E-state index in [0.29, 0.717) is 17.2 Å². The molecule has 23 heavy (non-hydrogen) atoms. The van der Waals surface area contributed by atoms with Crippen molar-refractivity contribution in [3.8, 4) is 11.5 Å². The largest absolute Gasteiger partial charge is 0.457 e. The summed E-state index contributed by atoms with van der Waals surface area (Å²) < 4.78 is 6.80. The number of urea groups is 1. The summed E-state index contributed by atoms with van der Waals surface area (Å²) in [6, 6.07) is 12.2. The van der Waals surface area contributed by atoms with E-state index in [4.69, 9.17) is 4.74 Å². The maximum absolute atomic E-state index is 11.8. The molecular formula is C17H13BrN2O3. The van der Waals surface area contributed by atoms with Crippen LogP contribution in [0.4, 0.5) is 10.5 Å². The smallest absolute Gasteiger partial charge is 0.333 e. The van der Waals surface area contributed by atoms with Gasteiger partial charge in [-0.2, -0.15) is 0 Å². The van der Waals surface area contributed by atoms with E-state index in [0.717, 1.165) is 10.0 Å². The van der Waals surface area contributed by atoms with Crippen molar-refractivity contribution in [3.63, 3.8) is 0 Å². The van der Waals surface area contributed by atoms with Crippen LogP contribution in [-0.2, 0) is 4.79 Å². The summed E-state index contributed by atoms with van der Waals surface area (Å²) in [5.74, 6) is 0.901. The lowest BCUT2D eigenvalue weighted by atomic mass is 10.2. The molecule has 6 heteroatoms. The van der Waals surface area contributed by atoms with E-state index in [1.807, 2.05) is 31.2 Å². The van der Waals surface area contributed by atoms with Gasteiger partial charge in [-0.15, -0.1) is 0 Å². The Hall–Kier alpha value is -2.60. The molecular weight excluding hydrogens is 360 g/mol. The highest BCUT2D eigenvalue weighted by Gasteiger charge is 2.32. The zero-order valence-corrected chi connectivity index (χ0v) is 13.9. The molecule has 0 bridgehead atoms. The Bertz CT molecular complexity index is 815. The van der Waals surface area contributed by atoms with Crippen molar-refractivity contribution in [2.45, 2.75) is 6.92 Å². The molecule has 0 spiro atoms. The van der Waals surface area contributed by atoms with Gasteiger partial charge in [-0.05, 0) is 55.0 Å². The van der Waals surface area contributed by atoms with E-state index in [2.05, 4.69) is 27.8 Å². The number of hydrogen-bond donors (Lipinski definition) is 1. The molecule has 0 radical (unpaired) electrons. The maximum Gasteiger partial charge on any atom is 0.333 e. The minimum atomic E-state index is -0.499. The van der Waals surface area contributed by atoms with E-state index in [1.54, 1.807) is 18.2 Å². The minimum absolute atomic E-state index is 0.107. The minimum Gasteiger partial charge on any atom is -0.457 e. The number of nitrogens with zero attached hydrogens (tertiary/aromatic N) is 1. The lowest BCUT2D eigenvalue weighted by Crippen LogP contribution is -2.27. The third kappa shape index (κ3) is 2.98. The van der Waals surface area contributed by atoms with E-state index in [-0.39, 0.29) is 5.70 Å². The molecule has 1 saturated heterocycles. The van der Waals surface area contributed by atoms with Crippen LogP contribution in [0, 0.1) is 6.92 Å². The second-order valence-corrected chi connectivity index (χ2v) is 5.96. The van der Waals surface area contributed by atoms with Crippen molar-refractivity contribution in [1.29, 1.82) is 0 Å². The normalized spacial score (nSPS) is 14.2. The Morgan fingerprint density at radius 3 is 2.39 bits per heavy atom. The van der Waals surface area contributed by atoms with Crippen LogP contribution >= 0.6 is 15.9 Å². The summed E-state index contributed by atoms with van der Waals surface area (Å²) in [5.41, 5.74) is 1.51. The number of carbonyl (C=O) groups is 2. The zero-order chi connectivity index (χ0) is 16.6. The third-order valence-electron chi connectivity index (χ3n) is 3.41. The quantitative estimate of drug-likeness (QED) is 0.651. The van der Waals surface area contributed by atoms with Gasteiger partial charge in [-0.1, -0.05) is 22.5 Å². The fraction of sp³-hybridized carbons (Fsp3) is 0.0588. The Morgan fingerprint density at radius 1 is 1.13 bits per heavy atom. The first-order valence-corrected chi connectivity index (χ1v) is 7.63. The van der Waals surface area contributed by atoms with Gasteiger partial charge in [0.15, 0.2) is 0 Å². The molecule has 1 N–H and O–H groups in total. The van der Waals surface area contributed by atoms with Crippen molar-refractivity contribution >= 4 is 33.6 Å².